The van der Waals surface area contributed by atoms with E-state index in [0.717, 1.165) is 6.08 Å². The molecule has 0 fully saturated rings. The number of methoxy groups -OCH3 is 2. The Balaban J connectivity index is 2.50. The van der Waals surface area contributed by atoms with Gasteiger partial charge in [0.15, 0.2) is 0 Å². The predicted octanol–water partition coefficient (Wildman–Crippen LogP) is 1.62. The fourth-order valence-corrected chi connectivity index (χ4v) is 4.34. The van der Waals surface area contributed by atoms with Crippen LogP contribution in [0.4, 0.5) is 0 Å². The van der Waals surface area contributed by atoms with E-state index in [0.29, 0.717) is 12.0 Å². The summed E-state index contributed by atoms with van der Waals surface area (Å²) in [7, 11) is 2.95. The summed E-state index contributed by atoms with van der Waals surface area (Å²) in [4.78, 5) is 38.2. The van der Waals surface area contributed by atoms with E-state index in [1.165, 1.54) is 20.3 Å². The summed E-state index contributed by atoms with van der Waals surface area (Å²) in [6, 6.07) is 0. The molecule has 1 aliphatic carbocycles. The van der Waals surface area contributed by atoms with Crippen molar-refractivity contribution in [3.63, 3.8) is 0 Å². The van der Waals surface area contributed by atoms with Crippen LogP contribution in [0, 0.1) is 11.8 Å². The lowest BCUT2D eigenvalue weighted by molar-refractivity contribution is -0.120. The van der Waals surface area contributed by atoms with E-state index in [4.69, 9.17) is 15.2 Å². The van der Waals surface area contributed by atoms with Crippen molar-refractivity contribution in [3.05, 3.63) is 58.5 Å². The number of nitrogens with two attached hydrogens (primary N) is 1. The van der Waals surface area contributed by atoms with Crippen LogP contribution in [0.2, 0.25) is 0 Å². The average molecular weight is 503 g/mol. The number of ketones is 2. The predicted molar refractivity (Wildman–Crippen MR) is 135 cm³/mol. The number of rotatable bonds is 2. The van der Waals surface area contributed by atoms with Crippen LogP contribution in [-0.2, 0) is 23.9 Å². The largest absolute Gasteiger partial charge is 0.395 e. The van der Waals surface area contributed by atoms with E-state index < -0.39 is 41.9 Å². The molecule has 0 saturated heterocycles. The molecule has 2 rings (SSSR count). The first kappa shape index (κ1) is 29.4. The number of carbonyl (C=O) groups excluding carboxylic acids is 3. The second-order valence-electron chi connectivity index (χ2n) is 9.56. The molecular weight excluding hydrogens is 464 g/mol. The first-order chi connectivity index (χ1) is 16.9. The van der Waals surface area contributed by atoms with Gasteiger partial charge in [0, 0.05) is 37.4 Å². The van der Waals surface area contributed by atoms with Crippen LogP contribution >= 0.6 is 0 Å². The molecule has 0 saturated carbocycles. The highest BCUT2D eigenvalue weighted by molar-refractivity contribution is 6.23. The van der Waals surface area contributed by atoms with E-state index in [1.807, 2.05) is 13.8 Å². The molecule has 0 aromatic carbocycles. The normalized spacial score (nSPS) is 33.9. The topological polar surface area (TPSA) is 148 Å². The Morgan fingerprint density at radius 2 is 1.75 bits per heavy atom. The summed E-state index contributed by atoms with van der Waals surface area (Å²) < 4.78 is 11.0. The second-order valence-corrected chi connectivity index (χ2v) is 9.56. The zero-order chi connectivity index (χ0) is 27.2. The summed E-state index contributed by atoms with van der Waals surface area (Å²) in [6.45, 7) is 7.00. The molecule has 9 nitrogen and oxygen atoms in total. The monoisotopic (exact) mass is 502 g/mol. The molecule has 2 aliphatic rings. The Hall–Kier alpha value is -2.85. The summed E-state index contributed by atoms with van der Waals surface area (Å²) >= 11 is 0. The number of Topliss-reactive ketones (excluding diaryl/α,β-unsaturated/α-hetero) is 1. The first-order valence-electron chi connectivity index (χ1n) is 12.0. The van der Waals surface area contributed by atoms with Crippen LogP contribution in [0.1, 0.15) is 40.5 Å². The smallest absolute Gasteiger partial charge is 0.251 e. The first-order valence-corrected chi connectivity index (χ1v) is 12.0. The number of carbonyl (C=O) groups is 3. The van der Waals surface area contributed by atoms with Crippen molar-refractivity contribution in [3.8, 4) is 0 Å². The number of amides is 1. The molecule has 0 spiro atoms. The number of ether oxygens (including phenoxy) is 2. The van der Waals surface area contributed by atoms with Gasteiger partial charge in [0.25, 0.3) is 5.91 Å². The highest BCUT2D eigenvalue weighted by Crippen LogP contribution is 2.27. The second kappa shape index (κ2) is 12.9. The fraction of sp³-hybridized carbons (Fsp3) is 0.519. The lowest BCUT2D eigenvalue weighted by Gasteiger charge is -2.29. The van der Waals surface area contributed by atoms with E-state index in [2.05, 4.69) is 5.32 Å². The number of aliphatic hydroxyl groups is 2. The lowest BCUT2D eigenvalue weighted by Crippen LogP contribution is -2.36. The van der Waals surface area contributed by atoms with Gasteiger partial charge in [-0.05, 0) is 38.2 Å². The van der Waals surface area contributed by atoms with Gasteiger partial charge in [0.2, 0.25) is 11.6 Å². The molecule has 6 unspecified atom stereocenters. The average Bonchev–Trinajstić information content (AvgIpc) is 2.84. The van der Waals surface area contributed by atoms with Crippen molar-refractivity contribution in [1.29, 1.82) is 0 Å². The van der Waals surface area contributed by atoms with Gasteiger partial charge in [-0.15, -0.1) is 0 Å². The Morgan fingerprint density at radius 3 is 2.36 bits per heavy atom. The lowest BCUT2D eigenvalue weighted by atomic mass is 9.85. The van der Waals surface area contributed by atoms with Crippen molar-refractivity contribution < 1.29 is 34.1 Å². The molecule has 0 aromatic rings. The molecule has 1 heterocycles. The van der Waals surface area contributed by atoms with Gasteiger partial charge in [-0.25, -0.2) is 0 Å². The number of aliphatic hydroxyl groups excluding tert-OH is 2. The number of allylic oxidation sites excluding steroid dienone is 4. The van der Waals surface area contributed by atoms with Crippen molar-refractivity contribution >= 4 is 17.5 Å². The van der Waals surface area contributed by atoms with Gasteiger partial charge in [-0.3, -0.25) is 14.4 Å². The molecule has 0 radical (unpaired) electrons. The summed E-state index contributed by atoms with van der Waals surface area (Å²) in [5.74, 6) is -2.16. The molecule has 36 heavy (non-hydrogen) atoms. The Morgan fingerprint density at radius 1 is 1.08 bits per heavy atom. The van der Waals surface area contributed by atoms with Crippen molar-refractivity contribution in [2.75, 3.05) is 14.2 Å². The maximum atomic E-state index is 13.1. The zero-order valence-electron chi connectivity index (χ0n) is 21.8. The van der Waals surface area contributed by atoms with Crippen LogP contribution in [-0.4, -0.2) is 66.3 Å². The summed E-state index contributed by atoms with van der Waals surface area (Å²) in [5, 5.41) is 24.3. The molecule has 198 valence electrons. The number of nitrogens with one attached hydrogen (secondary N) is 1. The highest BCUT2D eigenvalue weighted by Gasteiger charge is 2.32. The van der Waals surface area contributed by atoms with Gasteiger partial charge in [0.1, 0.15) is 12.2 Å². The van der Waals surface area contributed by atoms with Gasteiger partial charge in [-0.2, -0.15) is 0 Å². The van der Waals surface area contributed by atoms with E-state index in [9.17, 15) is 24.6 Å². The number of hydrogen-bond acceptors (Lipinski definition) is 8. The molecule has 6 atom stereocenters. The zero-order valence-corrected chi connectivity index (χ0v) is 21.8. The minimum absolute atomic E-state index is 0.129. The minimum Gasteiger partial charge on any atom is -0.395 e. The third-order valence-electron chi connectivity index (χ3n) is 6.62. The standard InChI is InChI=1S/C27H38N2O7/c1-14-10-18-23(28)20(30)13-19(26(18)33)29-27(34)15(2)8-7-9-21(35-5)24(31)16(3)12-17(4)25(32)22(11-14)36-6/h7-9,12-14,17,21-22,24-25,31-32H,10-11,28H2,1-6H3,(H,29,34)/b9-7+,15-8?,16-12+. The molecule has 1 amide bonds. The SMILES string of the molecule is COC1/C=C/C=C(C)C(=O)NC2=CC(=O)C(N)=C(CC(C)CC(OC)C(O)C(C)/C=C(\C)C1O)C2=O. The van der Waals surface area contributed by atoms with Gasteiger partial charge < -0.3 is 30.7 Å². The molecule has 2 bridgehead atoms. The Bertz CT molecular complexity index is 1020. The van der Waals surface area contributed by atoms with Crippen molar-refractivity contribution in [2.45, 2.75) is 65.0 Å². The number of hydrogen-bond donors (Lipinski definition) is 4. The van der Waals surface area contributed by atoms with E-state index >= 15 is 0 Å². The quantitative estimate of drug-likeness (QED) is 0.329. The van der Waals surface area contributed by atoms with Crippen LogP contribution in [0.15, 0.2) is 58.5 Å². The molecule has 9 heteroatoms. The fourth-order valence-electron chi connectivity index (χ4n) is 4.34. The number of fused-ring (bicyclic) bond motifs is 2. The van der Waals surface area contributed by atoms with Gasteiger partial charge >= 0.3 is 0 Å². The third kappa shape index (κ3) is 7.10. The van der Waals surface area contributed by atoms with Gasteiger partial charge in [-0.1, -0.05) is 38.2 Å². The Kier molecular flexibility index (Phi) is 10.5. The van der Waals surface area contributed by atoms with Crippen LogP contribution in [0.25, 0.3) is 0 Å². The highest BCUT2D eigenvalue weighted by atomic mass is 16.5. The minimum atomic E-state index is -0.978. The van der Waals surface area contributed by atoms with Crippen LogP contribution < -0.4 is 11.1 Å². The molecule has 1 aliphatic heterocycles. The maximum Gasteiger partial charge on any atom is 0.251 e. The van der Waals surface area contributed by atoms with E-state index in [1.54, 1.807) is 32.1 Å². The van der Waals surface area contributed by atoms with E-state index in [-0.39, 0.29) is 40.8 Å². The Labute approximate surface area is 212 Å². The summed E-state index contributed by atoms with van der Waals surface area (Å²) in [6.07, 6.45) is 4.89. The van der Waals surface area contributed by atoms with Crippen molar-refractivity contribution in [2.24, 2.45) is 17.6 Å². The van der Waals surface area contributed by atoms with Crippen molar-refractivity contribution in [1.82, 2.24) is 5.32 Å². The molecule has 5 N–H and O–H groups in total. The molecular formula is C27H38N2O7. The maximum absolute atomic E-state index is 13.1. The third-order valence-corrected chi connectivity index (χ3v) is 6.62. The van der Waals surface area contributed by atoms with Crippen LogP contribution in [0.3, 0.4) is 0 Å². The van der Waals surface area contributed by atoms with Crippen LogP contribution in [0.5, 0.6) is 0 Å². The summed E-state index contributed by atoms with van der Waals surface area (Å²) in [5.41, 5.74) is 6.69. The van der Waals surface area contributed by atoms with Gasteiger partial charge in [0.05, 0.1) is 23.6 Å². The molecule has 0 aromatic heterocycles.